The summed E-state index contributed by atoms with van der Waals surface area (Å²) in [5.41, 5.74) is 5.63. The molecule has 0 aliphatic carbocycles. The van der Waals surface area contributed by atoms with E-state index in [0.29, 0.717) is 10.6 Å². The summed E-state index contributed by atoms with van der Waals surface area (Å²) < 4.78 is 9.25. The average molecular weight is 341 g/mol. The predicted molar refractivity (Wildman–Crippen MR) is 83.9 cm³/mol. The Morgan fingerprint density at radius 2 is 2.04 bits per heavy atom. The Bertz CT molecular complexity index is 550. The van der Waals surface area contributed by atoms with Crippen LogP contribution >= 0.6 is 11.8 Å². The van der Waals surface area contributed by atoms with Crippen molar-refractivity contribution in [1.82, 2.24) is 10.3 Å². The molecule has 0 aromatic carbocycles. The number of nitrogens with one attached hydrogen (secondary N) is 1. The van der Waals surface area contributed by atoms with Crippen molar-refractivity contribution in [2.24, 2.45) is 5.73 Å². The van der Waals surface area contributed by atoms with Gasteiger partial charge in [0, 0.05) is 24.9 Å². The van der Waals surface area contributed by atoms with Crippen molar-refractivity contribution in [3.63, 3.8) is 0 Å². The second kappa shape index (κ2) is 9.80. The summed E-state index contributed by atoms with van der Waals surface area (Å²) in [4.78, 5) is 38.7. The highest BCUT2D eigenvalue weighted by Crippen LogP contribution is 2.17. The predicted octanol–water partition coefficient (Wildman–Crippen LogP) is -0.0331. The van der Waals surface area contributed by atoms with Crippen LogP contribution in [0, 0.1) is 0 Å². The molecule has 8 nitrogen and oxygen atoms in total. The number of nitrogens with zero attached hydrogens (tertiary/aromatic N) is 1. The maximum atomic E-state index is 11.7. The minimum atomic E-state index is -0.800. The van der Waals surface area contributed by atoms with Crippen LogP contribution in [0.1, 0.15) is 16.8 Å². The van der Waals surface area contributed by atoms with Crippen LogP contribution in [0.4, 0.5) is 0 Å². The second-order valence-electron chi connectivity index (χ2n) is 4.37. The van der Waals surface area contributed by atoms with E-state index in [9.17, 15) is 14.4 Å². The lowest BCUT2D eigenvalue weighted by Gasteiger charge is -2.15. The standard InChI is InChI=1S/C14H19N3O5S/c1-21-13(19)9-3-4-12(16-7-9)23-8-10(14(20)22-2)17-11(18)5-6-15/h3-4,7,10H,5-6,8,15H2,1-2H3,(H,17,18)/t10-/m0/s1. The Morgan fingerprint density at radius 1 is 1.30 bits per heavy atom. The second-order valence-corrected chi connectivity index (χ2v) is 5.41. The highest BCUT2D eigenvalue weighted by molar-refractivity contribution is 7.99. The molecule has 9 heteroatoms. The number of carbonyl (C=O) groups excluding carboxylic acids is 3. The SMILES string of the molecule is COC(=O)c1ccc(SC[C@H](NC(=O)CCN)C(=O)OC)nc1. The van der Waals surface area contributed by atoms with Gasteiger partial charge in [-0.3, -0.25) is 4.79 Å². The number of methoxy groups -OCH3 is 2. The van der Waals surface area contributed by atoms with Gasteiger partial charge in [-0.2, -0.15) is 0 Å². The van der Waals surface area contributed by atoms with Gasteiger partial charge >= 0.3 is 11.9 Å². The number of ether oxygens (including phenoxy) is 2. The van der Waals surface area contributed by atoms with Crippen LogP contribution in [0.5, 0.6) is 0 Å². The van der Waals surface area contributed by atoms with Crippen LogP contribution in [0.15, 0.2) is 23.4 Å². The number of aromatic nitrogens is 1. The van der Waals surface area contributed by atoms with Crippen molar-refractivity contribution in [2.45, 2.75) is 17.5 Å². The molecule has 0 radical (unpaired) electrons. The minimum absolute atomic E-state index is 0.129. The Labute approximate surface area is 138 Å². The molecular weight excluding hydrogens is 322 g/mol. The summed E-state index contributed by atoms with van der Waals surface area (Å²) in [6.07, 6.45) is 1.51. The first-order valence-corrected chi connectivity index (χ1v) is 7.74. The van der Waals surface area contributed by atoms with Gasteiger partial charge in [0.05, 0.1) is 24.8 Å². The molecule has 0 saturated carbocycles. The molecule has 1 rings (SSSR count). The summed E-state index contributed by atoms with van der Waals surface area (Å²) in [5.74, 6) is -1.10. The Hall–Kier alpha value is -2.13. The zero-order chi connectivity index (χ0) is 17.2. The summed E-state index contributed by atoms with van der Waals surface area (Å²) >= 11 is 1.25. The molecular formula is C14H19N3O5S. The van der Waals surface area contributed by atoms with Gasteiger partial charge in [-0.05, 0) is 12.1 Å². The number of amides is 1. The summed E-state index contributed by atoms with van der Waals surface area (Å²) in [5, 5.41) is 3.16. The lowest BCUT2D eigenvalue weighted by atomic mass is 10.3. The van der Waals surface area contributed by atoms with Crippen molar-refractivity contribution in [1.29, 1.82) is 0 Å². The molecule has 0 unspecified atom stereocenters. The number of nitrogens with two attached hydrogens (primary N) is 1. The summed E-state index contributed by atoms with van der Waals surface area (Å²) in [6, 6.07) is 2.40. The van der Waals surface area contributed by atoms with Crippen LogP contribution in [0.25, 0.3) is 0 Å². The lowest BCUT2D eigenvalue weighted by molar-refractivity contribution is -0.144. The van der Waals surface area contributed by atoms with Gasteiger partial charge < -0.3 is 20.5 Å². The lowest BCUT2D eigenvalue weighted by Crippen LogP contribution is -2.43. The maximum absolute atomic E-state index is 11.7. The van der Waals surface area contributed by atoms with Crippen molar-refractivity contribution in [3.05, 3.63) is 23.9 Å². The number of hydrogen-bond acceptors (Lipinski definition) is 8. The number of hydrogen-bond donors (Lipinski definition) is 2. The fraction of sp³-hybridized carbons (Fsp3) is 0.429. The van der Waals surface area contributed by atoms with Gasteiger partial charge in [-0.25, -0.2) is 14.6 Å². The molecule has 3 N–H and O–H groups in total. The highest BCUT2D eigenvalue weighted by atomic mass is 32.2. The first kappa shape index (κ1) is 18.9. The number of pyridine rings is 1. The van der Waals surface area contributed by atoms with Crippen molar-refractivity contribution < 1.29 is 23.9 Å². The van der Waals surface area contributed by atoms with Crippen LogP contribution in [-0.2, 0) is 19.1 Å². The molecule has 1 atom stereocenters. The molecule has 0 aliphatic heterocycles. The van der Waals surface area contributed by atoms with E-state index in [1.54, 1.807) is 12.1 Å². The molecule has 126 valence electrons. The van der Waals surface area contributed by atoms with Gasteiger partial charge in [0.25, 0.3) is 0 Å². The van der Waals surface area contributed by atoms with E-state index in [1.807, 2.05) is 0 Å². The van der Waals surface area contributed by atoms with E-state index in [4.69, 9.17) is 5.73 Å². The number of thioether (sulfide) groups is 1. The van der Waals surface area contributed by atoms with Gasteiger partial charge in [0.1, 0.15) is 6.04 Å². The third-order valence-corrected chi connectivity index (χ3v) is 3.78. The molecule has 0 spiro atoms. The van der Waals surface area contributed by atoms with E-state index < -0.39 is 18.0 Å². The smallest absolute Gasteiger partial charge is 0.339 e. The quantitative estimate of drug-likeness (QED) is 0.499. The van der Waals surface area contributed by atoms with Crippen LogP contribution in [0.3, 0.4) is 0 Å². The largest absolute Gasteiger partial charge is 0.467 e. The van der Waals surface area contributed by atoms with Crippen LogP contribution in [-0.4, -0.2) is 55.4 Å². The van der Waals surface area contributed by atoms with Gasteiger partial charge in [-0.1, -0.05) is 0 Å². The summed E-state index contributed by atoms with van der Waals surface area (Å²) in [7, 11) is 2.54. The molecule has 0 saturated heterocycles. The summed E-state index contributed by atoms with van der Waals surface area (Å²) in [6.45, 7) is 0.198. The molecule has 1 aromatic heterocycles. The fourth-order valence-corrected chi connectivity index (χ4v) is 2.43. The molecule has 0 bridgehead atoms. The van der Waals surface area contributed by atoms with E-state index in [0.717, 1.165) is 0 Å². The van der Waals surface area contributed by atoms with Crippen molar-refractivity contribution in [2.75, 3.05) is 26.5 Å². The Morgan fingerprint density at radius 3 is 2.57 bits per heavy atom. The van der Waals surface area contributed by atoms with E-state index in [2.05, 4.69) is 19.8 Å². The molecule has 0 aliphatic rings. The van der Waals surface area contributed by atoms with Gasteiger partial charge in [0.15, 0.2) is 0 Å². The zero-order valence-corrected chi connectivity index (χ0v) is 13.7. The molecule has 1 amide bonds. The molecule has 1 heterocycles. The number of esters is 2. The zero-order valence-electron chi connectivity index (χ0n) is 12.9. The first-order chi connectivity index (χ1) is 11.0. The van der Waals surface area contributed by atoms with E-state index in [1.165, 1.54) is 32.2 Å². The average Bonchev–Trinajstić information content (AvgIpc) is 2.57. The Balaban J connectivity index is 2.64. The normalized spacial score (nSPS) is 11.4. The number of carbonyl (C=O) groups is 3. The van der Waals surface area contributed by atoms with Crippen LogP contribution < -0.4 is 11.1 Å². The van der Waals surface area contributed by atoms with Crippen LogP contribution in [0.2, 0.25) is 0 Å². The van der Waals surface area contributed by atoms with Crippen molar-refractivity contribution in [3.8, 4) is 0 Å². The maximum Gasteiger partial charge on any atom is 0.339 e. The Kier molecular flexibility index (Phi) is 8.06. The van der Waals surface area contributed by atoms with Gasteiger partial charge in [-0.15, -0.1) is 11.8 Å². The highest BCUT2D eigenvalue weighted by Gasteiger charge is 2.21. The minimum Gasteiger partial charge on any atom is -0.467 e. The topological polar surface area (TPSA) is 121 Å². The molecule has 0 fully saturated rings. The molecule has 1 aromatic rings. The third kappa shape index (κ3) is 6.25. The van der Waals surface area contributed by atoms with E-state index in [-0.39, 0.29) is 24.6 Å². The third-order valence-electron chi connectivity index (χ3n) is 2.75. The van der Waals surface area contributed by atoms with Crippen molar-refractivity contribution >= 4 is 29.6 Å². The first-order valence-electron chi connectivity index (χ1n) is 6.76. The monoisotopic (exact) mass is 341 g/mol. The van der Waals surface area contributed by atoms with E-state index >= 15 is 0 Å². The molecule has 23 heavy (non-hydrogen) atoms. The van der Waals surface area contributed by atoms with Gasteiger partial charge in [0.2, 0.25) is 5.91 Å². The fourth-order valence-electron chi connectivity index (χ4n) is 1.58. The number of rotatable bonds is 8.